The first-order valence-corrected chi connectivity index (χ1v) is 11.1. The second kappa shape index (κ2) is 8.08. The predicted molar refractivity (Wildman–Crippen MR) is 114 cm³/mol. The molecule has 2 aliphatic rings. The summed E-state index contributed by atoms with van der Waals surface area (Å²) in [5, 5.41) is 1.12. The zero-order chi connectivity index (χ0) is 21.4. The second-order valence-electron chi connectivity index (χ2n) is 9.67. The van der Waals surface area contributed by atoms with E-state index in [0.717, 1.165) is 23.5 Å². The molecule has 1 aromatic rings. The zero-order valence-corrected chi connectivity index (χ0v) is 19.3. The minimum atomic E-state index is -0.463. The molecule has 2 aliphatic heterocycles. The first kappa shape index (κ1) is 22.4. The van der Waals surface area contributed by atoms with Gasteiger partial charge in [0.25, 0.3) is 0 Å². The topological polar surface area (TPSA) is 73.8 Å². The van der Waals surface area contributed by atoms with Gasteiger partial charge in [-0.3, -0.25) is 0 Å². The first-order valence-electron chi connectivity index (χ1n) is 10.2. The van der Waals surface area contributed by atoms with E-state index in [1.165, 1.54) is 0 Å². The minimum absolute atomic E-state index is 0.232. The van der Waals surface area contributed by atoms with Crippen molar-refractivity contribution in [3.8, 4) is 0 Å². The van der Waals surface area contributed by atoms with E-state index in [1.807, 2.05) is 48.5 Å². The first-order chi connectivity index (χ1) is 13.4. The van der Waals surface area contributed by atoms with Gasteiger partial charge < -0.3 is 18.9 Å². The van der Waals surface area contributed by atoms with Gasteiger partial charge in [-0.05, 0) is 61.3 Å². The monoisotopic (exact) mass is 421 g/mol. The van der Waals surface area contributed by atoms with Gasteiger partial charge >= 0.3 is 13.2 Å². The summed E-state index contributed by atoms with van der Waals surface area (Å²) in [6.45, 7) is 15.2. The van der Waals surface area contributed by atoms with E-state index < -0.39 is 12.7 Å². The Labute approximate surface area is 178 Å². The van der Waals surface area contributed by atoms with Crippen molar-refractivity contribution in [3.05, 3.63) is 12.4 Å². The fourth-order valence-corrected chi connectivity index (χ4v) is 4.09. The number of carbonyl (C=O) groups excluding carboxylic acids is 1. The Morgan fingerprint density at radius 1 is 1.14 bits per heavy atom. The number of rotatable bonds is 3. The lowest BCUT2D eigenvalue weighted by molar-refractivity contribution is 0.00578. The largest absolute Gasteiger partial charge is 0.498 e. The Bertz CT molecular complexity index is 712. The molecule has 0 N–H and O–H groups in total. The molecule has 7 nitrogen and oxygen atoms in total. The van der Waals surface area contributed by atoms with Crippen LogP contribution in [0.25, 0.3) is 0 Å². The molecule has 2 fully saturated rings. The Balaban J connectivity index is 1.51. The van der Waals surface area contributed by atoms with E-state index in [4.69, 9.17) is 14.0 Å². The van der Waals surface area contributed by atoms with Crippen LogP contribution in [0.4, 0.5) is 4.79 Å². The molecule has 9 heteroatoms. The Hall–Kier alpha value is -1.32. The summed E-state index contributed by atoms with van der Waals surface area (Å²) in [6, 6.07) is 0. The minimum Gasteiger partial charge on any atom is -0.444 e. The van der Waals surface area contributed by atoms with E-state index in [9.17, 15) is 4.79 Å². The van der Waals surface area contributed by atoms with E-state index in [0.29, 0.717) is 18.3 Å². The average Bonchev–Trinajstić information content (AvgIpc) is 2.82. The van der Waals surface area contributed by atoms with Crippen molar-refractivity contribution >= 4 is 30.4 Å². The standard InChI is InChI=1S/C20H32BN3O4S/c1-18(2,3)26-17(25)24-10-8-15(9-11-24)29-16-22-12-14(13-23-16)21-27-19(4,5)20(6,7)28-21/h12-13,15H,8-11H2,1-7H3. The second-order valence-corrected chi connectivity index (χ2v) is 10.9. The Kier molecular flexibility index (Phi) is 6.23. The van der Waals surface area contributed by atoms with Gasteiger partial charge in [0, 0.05) is 36.2 Å². The van der Waals surface area contributed by atoms with Crippen molar-refractivity contribution in [1.82, 2.24) is 14.9 Å². The molecule has 0 saturated carbocycles. The fourth-order valence-electron chi connectivity index (χ4n) is 3.12. The molecule has 2 saturated heterocycles. The van der Waals surface area contributed by atoms with Crippen molar-refractivity contribution in [2.75, 3.05) is 13.1 Å². The number of thioether (sulfide) groups is 1. The molecule has 0 aliphatic carbocycles. The molecule has 29 heavy (non-hydrogen) atoms. The molecular weight excluding hydrogens is 389 g/mol. The quantitative estimate of drug-likeness (QED) is 0.548. The van der Waals surface area contributed by atoms with Gasteiger partial charge in [-0.15, -0.1) is 0 Å². The maximum absolute atomic E-state index is 12.2. The summed E-state index contributed by atoms with van der Waals surface area (Å²) < 4.78 is 17.6. The van der Waals surface area contributed by atoms with E-state index in [1.54, 1.807) is 29.1 Å². The van der Waals surface area contributed by atoms with Crippen LogP contribution in [-0.2, 0) is 14.0 Å². The third-order valence-electron chi connectivity index (χ3n) is 5.54. The lowest BCUT2D eigenvalue weighted by Crippen LogP contribution is -2.42. The van der Waals surface area contributed by atoms with E-state index in [-0.39, 0.29) is 17.3 Å². The van der Waals surface area contributed by atoms with Crippen LogP contribution in [-0.4, -0.2) is 63.2 Å². The molecule has 160 valence electrons. The number of piperidine rings is 1. The number of ether oxygens (including phenoxy) is 1. The number of aromatic nitrogens is 2. The van der Waals surface area contributed by atoms with Crippen LogP contribution in [0, 0.1) is 0 Å². The predicted octanol–water partition coefficient (Wildman–Crippen LogP) is 3.27. The van der Waals surface area contributed by atoms with Crippen LogP contribution in [0.5, 0.6) is 0 Å². The van der Waals surface area contributed by atoms with Crippen LogP contribution < -0.4 is 5.46 Å². The maximum Gasteiger partial charge on any atom is 0.498 e. The van der Waals surface area contributed by atoms with Gasteiger partial charge in [0.1, 0.15) is 5.60 Å². The van der Waals surface area contributed by atoms with Gasteiger partial charge in [-0.25, -0.2) is 14.8 Å². The molecule has 3 heterocycles. The average molecular weight is 421 g/mol. The number of nitrogens with zero attached hydrogens (tertiary/aromatic N) is 3. The maximum atomic E-state index is 12.2. The normalized spacial score (nSPS) is 22.0. The molecule has 0 spiro atoms. The third-order valence-corrected chi connectivity index (χ3v) is 6.77. The molecule has 0 atom stereocenters. The van der Waals surface area contributed by atoms with Crippen molar-refractivity contribution in [1.29, 1.82) is 0 Å². The molecule has 3 rings (SSSR count). The SMILES string of the molecule is CC(C)(C)OC(=O)N1CCC(Sc2ncc(B3OC(C)(C)C(C)(C)O3)cn2)CC1. The van der Waals surface area contributed by atoms with E-state index >= 15 is 0 Å². The van der Waals surface area contributed by atoms with Gasteiger partial charge in [0.15, 0.2) is 5.16 Å². The van der Waals surface area contributed by atoms with Gasteiger partial charge in [-0.2, -0.15) is 0 Å². The molecular formula is C20H32BN3O4S. The lowest BCUT2D eigenvalue weighted by Gasteiger charge is -2.32. The van der Waals surface area contributed by atoms with Crippen LogP contribution in [0.1, 0.15) is 61.3 Å². The van der Waals surface area contributed by atoms with Crippen LogP contribution in [0.3, 0.4) is 0 Å². The van der Waals surface area contributed by atoms with Gasteiger partial charge in [0.2, 0.25) is 0 Å². The van der Waals surface area contributed by atoms with Crippen molar-refractivity contribution < 1.29 is 18.8 Å². The smallest absolute Gasteiger partial charge is 0.444 e. The highest BCUT2D eigenvalue weighted by Gasteiger charge is 2.52. The number of hydrogen-bond donors (Lipinski definition) is 0. The Morgan fingerprint density at radius 3 is 2.14 bits per heavy atom. The molecule has 1 aromatic heterocycles. The molecule has 0 aromatic carbocycles. The van der Waals surface area contributed by atoms with E-state index in [2.05, 4.69) is 9.97 Å². The third kappa shape index (κ3) is 5.44. The molecule has 0 unspecified atom stereocenters. The van der Waals surface area contributed by atoms with Gasteiger partial charge in [-0.1, -0.05) is 11.8 Å². The Morgan fingerprint density at radius 2 is 1.66 bits per heavy atom. The summed E-state index contributed by atoms with van der Waals surface area (Å²) in [5.74, 6) is 0. The van der Waals surface area contributed by atoms with Crippen molar-refractivity contribution in [3.63, 3.8) is 0 Å². The zero-order valence-electron chi connectivity index (χ0n) is 18.5. The highest BCUT2D eigenvalue weighted by molar-refractivity contribution is 7.99. The summed E-state index contributed by atoms with van der Waals surface area (Å²) in [4.78, 5) is 23.0. The number of amides is 1. The molecule has 0 radical (unpaired) electrons. The van der Waals surface area contributed by atoms with Crippen molar-refractivity contribution in [2.45, 2.75) is 88.5 Å². The molecule has 0 bridgehead atoms. The summed E-state index contributed by atoms with van der Waals surface area (Å²) in [7, 11) is -0.448. The number of carbonyl (C=O) groups is 1. The summed E-state index contributed by atoms with van der Waals surface area (Å²) >= 11 is 1.66. The number of likely N-dealkylation sites (tertiary alicyclic amines) is 1. The highest BCUT2D eigenvalue weighted by atomic mass is 32.2. The van der Waals surface area contributed by atoms with Gasteiger partial charge in [0.05, 0.1) is 11.2 Å². The number of hydrogen-bond acceptors (Lipinski definition) is 7. The fraction of sp³-hybridized carbons (Fsp3) is 0.750. The summed E-state index contributed by atoms with van der Waals surface area (Å²) in [6.07, 6.45) is 5.13. The van der Waals surface area contributed by atoms with Crippen LogP contribution in [0.15, 0.2) is 17.6 Å². The molecule has 1 amide bonds. The van der Waals surface area contributed by atoms with Crippen molar-refractivity contribution in [2.24, 2.45) is 0 Å². The highest BCUT2D eigenvalue weighted by Crippen LogP contribution is 2.36. The summed E-state index contributed by atoms with van der Waals surface area (Å²) in [5.41, 5.74) is -0.400. The van der Waals surface area contributed by atoms with Crippen LogP contribution in [0.2, 0.25) is 0 Å². The van der Waals surface area contributed by atoms with Crippen LogP contribution >= 0.6 is 11.8 Å². The lowest BCUT2D eigenvalue weighted by atomic mass is 9.81.